The normalized spacial score (nSPS) is 10.1. The van der Waals surface area contributed by atoms with E-state index in [1.54, 1.807) is 7.05 Å². The van der Waals surface area contributed by atoms with E-state index in [-0.39, 0.29) is 5.91 Å². The highest BCUT2D eigenvalue weighted by molar-refractivity contribution is 5.75. The molecule has 0 atom stereocenters. The second-order valence-corrected chi connectivity index (χ2v) is 3.93. The minimum atomic E-state index is -0.0316. The highest BCUT2D eigenvalue weighted by Gasteiger charge is 2.06. The molecule has 3 heteroatoms. The maximum atomic E-state index is 11.3. The van der Waals surface area contributed by atoms with Crippen LogP contribution in [-0.2, 0) is 11.2 Å². The summed E-state index contributed by atoms with van der Waals surface area (Å²) in [6.45, 7) is 4.12. The average Bonchev–Trinajstić information content (AvgIpc) is 2.18. The molecule has 0 heterocycles. The van der Waals surface area contributed by atoms with Crippen LogP contribution in [0, 0.1) is 13.8 Å². The van der Waals surface area contributed by atoms with Crippen molar-refractivity contribution in [2.24, 2.45) is 5.84 Å². The summed E-state index contributed by atoms with van der Waals surface area (Å²) >= 11 is 0. The smallest absolute Gasteiger partial charge is 0.236 e. The van der Waals surface area contributed by atoms with Crippen LogP contribution in [-0.4, -0.2) is 18.0 Å². The first-order valence-electron chi connectivity index (χ1n) is 5.08. The molecule has 0 fully saturated rings. The van der Waals surface area contributed by atoms with Crippen molar-refractivity contribution >= 4 is 5.91 Å². The first-order valence-corrected chi connectivity index (χ1v) is 5.08. The van der Waals surface area contributed by atoms with E-state index in [1.165, 1.54) is 16.7 Å². The summed E-state index contributed by atoms with van der Waals surface area (Å²) in [5.74, 6) is 5.32. The zero-order valence-electron chi connectivity index (χ0n) is 9.58. The van der Waals surface area contributed by atoms with Crippen LogP contribution in [0.2, 0.25) is 0 Å². The molecule has 0 radical (unpaired) electrons. The number of hydrazine groups is 1. The predicted octanol–water partition coefficient (Wildman–Crippen LogP) is 1.57. The molecule has 2 N–H and O–H groups in total. The van der Waals surface area contributed by atoms with Crippen LogP contribution < -0.4 is 5.84 Å². The molecule has 15 heavy (non-hydrogen) atoms. The Kier molecular flexibility index (Phi) is 3.86. The molecule has 0 spiro atoms. The molecule has 0 aliphatic carbocycles. The van der Waals surface area contributed by atoms with Gasteiger partial charge in [0.25, 0.3) is 0 Å². The molecule has 0 saturated heterocycles. The molecule has 0 saturated carbocycles. The van der Waals surface area contributed by atoms with E-state index in [2.05, 4.69) is 32.0 Å². The Labute approximate surface area is 90.9 Å². The first-order chi connectivity index (χ1) is 7.00. The summed E-state index contributed by atoms with van der Waals surface area (Å²) in [5, 5.41) is 1.14. The lowest BCUT2D eigenvalue weighted by molar-refractivity contribution is -0.130. The van der Waals surface area contributed by atoms with Crippen molar-refractivity contribution in [2.75, 3.05) is 7.05 Å². The Balaban J connectivity index is 2.65. The Bertz CT molecular complexity index is 359. The summed E-state index contributed by atoms with van der Waals surface area (Å²) in [6, 6.07) is 6.29. The lowest BCUT2D eigenvalue weighted by atomic mass is 10.0. The van der Waals surface area contributed by atoms with Gasteiger partial charge in [-0.15, -0.1) is 0 Å². The zero-order valence-corrected chi connectivity index (χ0v) is 9.58. The van der Waals surface area contributed by atoms with Crippen molar-refractivity contribution in [3.8, 4) is 0 Å². The molecule has 82 valence electrons. The van der Waals surface area contributed by atoms with Crippen LogP contribution in [0.1, 0.15) is 23.1 Å². The van der Waals surface area contributed by atoms with Crippen molar-refractivity contribution in [3.05, 3.63) is 34.9 Å². The van der Waals surface area contributed by atoms with Crippen LogP contribution in [0.5, 0.6) is 0 Å². The van der Waals surface area contributed by atoms with Crippen molar-refractivity contribution < 1.29 is 4.79 Å². The van der Waals surface area contributed by atoms with Gasteiger partial charge in [0.05, 0.1) is 0 Å². The number of hydrogen-bond acceptors (Lipinski definition) is 2. The maximum Gasteiger partial charge on any atom is 0.236 e. The van der Waals surface area contributed by atoms with Gasteiger partial charge in [0.15, 0.2) is 0 Å². The predicted molar refractivity (Wildman–Crippen MR) is 61.2 cm³/mol. The minimum absolute atomic E-state index is 0.0316. The van der Waals surface area contributed by atoms with E-state index in [1.807, 2.05) is 0 Å². The van der Waals surface area contributed by atoms with Gasteiger partial charge in [0.2, 0.25) is 5.91 Å². The fourth-order valence-corrected chi connectivity index (χ4v) is 1.49. The third-order valence-electron chi connectivity index (χ3n) is 2.51. The van der Waals surface area contributed by atoms with Crippen LogP contribution >= 0.6 is 0 Å². The second-order valence-electron chi connectivity index (χ2n) is 3.93. The highest BCUT2D eigenvalue weighted by atomic mass is 16.2. The SMILES string of the molecule is Cc1ccc(C)c(CCC(=O)N(C)N)c1. The zero-order chi connectivity index (χ0) is 11.4. The average molecular weight is 206 g/mol. The summed E-state index contributed by atoms with van der Waals surface area (Å²) in [4.78, 5) is 11.3. The summed E-state index contributed by atoms with van der Waals surface area (Å²) in [5.41, 5.74) is 3.68. The summed E-state index contributed by atoms with van der Waals surface area (Å²) < 4.78 is 0. The fraction of sp³-hybridized carbons (Fsp3) is 0.417. The largest absolute Gasteiger partial charge is 0.284 e. The number of aryl methyl sites for hydroxylation is 3. The lowest BCUT2D eigenvalue weighted by Crippen LogP contribution is -2.33. The number of nitrogens with two attached hydrogens (primary N) is 1. The molecule has 0 bridgehead atoms. The molecule has 1 amide bonds. The van der Waals surface area contributed by atoms with E-state index >= 15 is 0 Å². The van der Waals surface area contributed by atoms with Gasteiger partial charge in [-0.2, -0.15) is 0 Å². The Morgan fingerprint density at radius 1 is 1.40 bits per heavy atom. The maximum absolute atomic E-state index is 11.3. The lowest BCUT2D eigenvalue weighted by Gasteiger charge is -2.11. The van der Waals surface area contributed by atoms with Gasteiger partial charge in [0, 0.05) is 13.5 Å². The third-order valence-corrected chi connectivity index (χ3v) is 2.51. The van der Waals surface area contributed by atoms with Crippen molar-refractivity contribution in [1.82, 2.24) is 5.01 Å². The second kappa shape index (κ2) is 4.94. The monoisotopic (exact) mass is 206 g/mol. The topological polar surface area (TPSA) is 46.3 Å². The number of amides is 1. The number of rotatable bonds is 3. The van der Waals surface area contributed by atoms with Crippen molar-refractivity contribution in [2.45, 2.75) is 26.7 Å². The number of hydrogen-bond donors (Lipinski definition) is 1. The molecular formula is C12H18N2O. The quantitative estimate of drug-likeness (QED) is 0.463. The van der Waals surface area contributed by atoms with E-state index in [0.29, 0.717) is 6.42 Å². The van der Waals surface area contributed by atoms with E-state index in [4.69, 9.17) is 5.84 Å². The summed E-state index contributed by atoms with van der Waals surface area (Å²) in [6.07, 6.45) is 1.23. The van der Waals surface area contributed by atoms with Crippen LogP contribution in [0.15, 0.2) is 18.2 Å². The van der Waals surface area contributed by atoms with Crippen molar-refractivity contribution in [3.63, 3.8) is 0 Å². The van der Waals surface area contributed by atoms with Gasteiger partial charge in [-0.3, -0.25) is 9.80 Å². The molecule has 0 unspecified atom stereocenters. The number of carbonyl (C=O) groups excluding carboxylic acids is 1. The number of benzene rings is 1. The highest BCUT2D eigenvalue weighted by Crippen LogP contribution is 2.12. The number of nitrogens with zero attached hydrogens (tertiary/aromatic N) is 1. The Morgan fingerprint density at radius 2 is 2.07 bits per heavy atom. The van der Waals surface area contributed by atoms with Crippen LogP contribution in [0.25, 0.3) is 0 Å². The van der Waals surface area contributed by atoms with Crippen LogP contribution in [0.3, 0.4) is 0 Å². The molecule has 1 rings (SSSR count). The van der Waals surface area contributed by atoms with Gasteiger partial charge < -0.3 is 0 Å². The molecule has 0 aliphatic heterocycles. The van der Waals surface area contributed by atoms with E-state index in [0.717, 1.165) is 11.4 Å². The van der Waals surface area contributed by atoms with Gasteiger partial charge in [0.1, 0.15) is 0 Å². The molecule has 0 aliphatic rings. The van der Waals surface area contributed by atoms with Crippen molar-refractivity contribution in [1.29, 1.82) is 0 Å². The van der Waals surface area contributed by atoms with E-state index < -0.39 is 0 Å². The minimum Gasteiger partial charge on any atom is -0.284 e. The molecule has 1 aromatic carbocycles. The molecule has 3 nitrogen and oxygen atoms in total. The standard InChI is InChI=1S/C12H18N2O/c1-9-4-5-10(2)11(8-9)6-7-12(15)14(3)13/h4-5,8H,6-7,13H2,1-3H3. The third kappa shape index (κ3) is 3.36. The van der Waals surface area contributed by atoms with Gasteiger partial charge in [-0.25, -0.2) is 5.84 Å². The van der Waals surface area contributed by atoms with E-state index in [9.17, 15) is 4.79 Å². The first kappa shape index (κ1) is 11.7. The Morgan fingerprint density at radius 3 is 2.67 bits per heavy atom. The fourth-order valence-electron chi connectivity index (χ4n) is 1.49. The van der Waals surface area contributed by atoms with Gasteiger partial charge >= 0.3 is 0 Å². The van der Waals surface area contributed by atoms with Gasteiger partial charge in [-0.1, -0.05) is 23.8 Å². The molecule has 0 aromatic heterocycles. The summed E-state index contributed by atoms with van der Waals surface area (Å²) in [7, 11) is 1.57. The van der Waals surface area contributed by atoms with Gasteiger partial charge in [-0.05, 0) is 31.4 Å². The molecular weight excluding hydrogens is 188 g/mol. The Hall–Kier alpha value is -1.35. The molecule has 1 aromatic rings. The number of carbonyl (C=O) groups is 1. The van der Waals surface area contributed by atoms with Crippen LogP contribution in [0.4, 0.5) is 0 Å².